The summed E-state index contributed by atoms with van der Waals surface area (Å²) >= 11 is 5.64. The smallest absolute Gasteiger partial charge is 0.134 e. The summed E-state index contributed by atoms with van der Waals surface area (Å²) in [7, 11) is 0. The zero-order chi connectivity index (χ0) is 10.7. The monoisotopic (exact) mass is 213 g/mol. The zero-order valence-electron chi connectivity index (χ0n) is 7.31. The third-order valence-electron chi connectivity index (χ3n) is 1.68. The van der Waals surface area contributed by atoms with E-state index in [1.54, 1.807) is 6.07 Å². The molecule has 1 nitrogen and oxygen atoms in total. The lowest BCUT2D eigenvalue weighted by atomic mass is 10.1. The fourth-order valence-corrected chi connectivity index (χ4v) is 1.17. The Morgan fingerprint density at radius 3 is 2.29 bits per heavy atom. The Morgan fingerprint density at radius 1 is 1.36 bits per heavy atom. The molecule has 0 radical (unpaired) electrons. The van der Waals surface area contributed by atoms with Gasteiger partial charge < -0.3 is 0 Å². The van der Waals surface area contributed by atoms with Crippen LogP contribution in [-0.4, -0.2) is 0 Å². The summed E-state index contributed by atoms with van der Waals surface area (Å²) in [6, 6.07) is 5.15. The molecule has 1 aromatic rings. The first kappa shape index (κ1) is 10.7. The molecule has 0 aliphatic carbocycles. The summed E-state index contributed by atoms with van der Waals surface area (Å²) in [5, 5.41) is 8.32. The Kier molecular flexibility index (Phi) is 3.21. The Labute approximate surface area is 85.2 Å². The molecule has 0 bridgehead atoms. The second-order valence-corrected chi connectivity index (χ2v) is 3.03. The molecule has 0 saturated heterocycles. The molecule has 4 heteroatoms. The fourth-order valence-electron chi connectivity index (χ4n) is 0.944. The van der Waals surface area contributed by atoms with Crippen LogP contribution < -0.4 is 0 Å². The van der Waals surface area contributed by atoms with Crippen LogP contribution in [0.2, 0.25) is 0 Å². The van der Waals surface area contributed by atoms with Crippen LogP contribution >= 0.6 is 11.6 Å². The van der Waals surface area contributed by atoms with Gasteiger partial charge in [0.2, 0.25) is 0 Å². The van der Waals surface area contributed by atoms with Gasteiger partial charge in [-0.25, -0.2) is 8.78 Å². The van der Waals surface area contributed by atoms with Crippen molar-refractivity contribution in [3.05, 3.63) is 41.0 Å². The lowest BCUT2D eigenvalue weighted by Crippen LogP contribution is -1.92. The molecular formula is C10H6ClF2N. The first-order valence-electron chi connectivity index (χ1n) is 3.78. The van der Waals surface area contributed by atoms with Crippen LogP contribution in [0.3, 0.4) is 0 Å². The van der Waals surface area contributed by atoms with E-state index in [0.717, 1.165) is 12.1 Å². The Morgan fingerprint density at radius 2 is 1.86 bits per heavy atom. The van der Waals surface area contributed by atoms with Gasteiger partial charge in [0.25, 0.3) is 0 Å². The van der Waals surface area contributed by atoms with Crippen LogP contribution in [0.5, 0.6) is 0 Å². The number of nitrogens with zero attached hydrogens (tertiary/aromatic N) is 1. The normalized spacial score (nSPS) is 11.9. The van der Waals surface area contributed by atoms with Crippen molar-refractivity contribution in [3.63, 3.8) is 0 Å². The van der Waals surface area contributed by atoms with E-state index >= 15 is 0 Å². The zero-order valence-corrected chi connectivity index (χ0v) is 8.07. The van der Waals surface area contributed by atoms with Crippen LogP contribution in [0, 0.1) is 23.0 Å². The maximum absolute atomic E-state index is 13.1. The van der Waals surface area contributed by atoms with Gasteiger partial charge in [-0.2, -0.15) is 5.26 Å². The van der Waals surface area contributed by atoms with E-state index in [2.05, 4.69) is 0 Å². The minimum Gasteiger partial charge on any atom is -0.206 e. The van der Waals surface area contributed by atoms with Gasteiger partial charge in [-0.3, -0.25) is 0 Å². The molecule has 0 heterocycles. The van der Waals surface area contributed by atoms with Crippen molar-refractivity contribution < 1.29 is 8.78 Å². The number of benzene rings is 1. The van der Waals surface area contributed by atoms with Gasteiger partial charge in [-0.05, 0) is 19.1 Å². The van der Waals surface area contributed by atoms with Gasteiger partial charge in [0.05, 0.1) is 16.7 Å². The van der Waals surface area contributed by atoms with Crippen molar-refractivity contribution in [1.82, 2.24) is 0 Å². The van der Waals surface area contributed by atoms with E-state index in [9.17, 15) is 8.78 Å². The van der Waals surface area contributed by atoms with Crippen molar-refractivity contribution >= 4 is 16.6 Å². The molecule has 1 aromatic carbocycles. The molecule has 72 valence electrons. The van der Waals surface area contributed by atoms with Crippen molar-refractivity contribution in [2.75, 3.05) is 0 Å². The van der Waals surface area contributed by atoms with E-state index in [-0.39, 0.29) is 16.2 Å². The van der Waals surface area contributed by atoms with Crippen LogP contribution in [0.4, 0.5) is 8.78 Å². The Balaban J connectivity index is 3.42. The molecule has 0 spiro atoms. The van der Waals surface area contributed by atoms with E-state index in [1.807, 2.05) is 0 Å². The molecule has 1 rings (SSSR count). The third-order valence-corrected chi connectivity index (χ3v) is 2.15. The molecule has 0 fully saturated rings. The molecule has 0 aliphatic rings. The number of rotatable bonds is 1. The van der Waals surface area contributed by atoms with Crippen LogP contribution in [0.25, 0.3) is 5.03 Å². The molecular weight excluding hydrogens is 208 g/mol. The highest BCUT2D eigenvalue weighted by Gasteiger charge is 2.13. The van der Waals surface area contributed by atoms with E-state index in [1.165, 1.54) is 13.0 Å². The molecule has 0 atom stereocenters. The highest BCUT2D eigenvalue weighted by Crippen LogP contribution is 2.27. The van der Waals surface area contributed by atoms with Gasteiger partial charge in [0.15, 0.2) is 0 Å². The second kappa shape index (κ2) is 4.21. The second-order valence-electron chi connectivity index (χ2n) is 2.65. The summed E-state index contributed by atoms with van der Waals surface area (Å²) in [6.45, 7) is 1.40. The Hall–Kier alpha value is -1.40. The average molecular weight is 214 g/mol. The van der Waals surface area contributed by atoms with Crippen molar-refractivity contribution in [2.24, 2.45) is 0 Å². The molecule has 0 aromatic heterocycles. The summed E-state index contributed by atoms with van der Waals surface area (Å²) in [6.07, 6.45) is 0. The number of hydrogen-bond donors (Lipinski definition) is 0. The van der Waals surface area contributed by atoms with E-state index in [4.69, 9.17) is 16.9 Å². The topological polar surface area (TPSA) is 23.8 Å². The van der Waals surface area contributed by atoms with E-state index < -0.39 is 11.6 Å². The highest BCUT2D eigenvalue weighted by molar-refractivity contribution is 6.49. The maximum atomic E-state index is 13.1. The first-order chi connectivity index (χ1) is 6.57. The lowest BCUT2D eigenvalue weighted by Gasteiger charge is -2.03. The van der Waals surface area contributed by atoms with Crippen molar-refractivity contribution in [2.45, 2.75) is 6.92 Å². The van der Waals surface area contributed by atoms with Gasteiger partial charge in [0.1, 0.15) is 11.6 Å². The number of nitriles is 1. The quantitative estimate of drug-likeness (QED) is 0.656. The van der Waals surface area contributed by atoms with Gasteiger partial charge >= 0.3 is 0 Å². The summed E-state index contributed by atoms with van der Waals surface area (Å²) in [5.74, 6) is -1.55. The largest absolute Gasteiger partial charge is 0.206 e. The minimum absolute atomic E-state index is 0.0793. The van der Waals surface area contributed by atoms with E-state index in [0.29, 0.717) is 0 Å². The van der Waals surface area contributed by atoms with Crippen LogP contribution in [0.15, 0.2) is 23.8 Å². The van der Waals surface area contributed by atoms with Crippen LogP contribution in [0.1, 0.15) is 12.5 Å². The maximum Gasteiger partial charge on any atom is 0.134 e. The predicted molar refractivity (Wildman–Crippen MR) is 50.4 cm³/mol. The summed E-state index contributed by atoms with van der Waals surface area (Å²) < 4.78 is 26.3. The van der Waals surface area contributed by atoms with Gasteiger partial charge in [-0.15, -0.1) is 0 Å². The number of allylic oxidation sites excluding steroid dienone is 1. The molecule has 0 aliphatic heterocycles. The molecule has 0 amide bonds. The highest BCUT2D eigenvalue weighted by atomic mass is 35.5. The third kappa shape index (κ3) is 1.91. The molecule has 0 unspecified atom stereocenters. The standard InChI is InChI=1S/C10H6ClF2N/c1-6(5-14)10(11)9-7(12)3-2-4-8(9)13/h2-4H,1H3. The van der Waals surface area contributed by atoms with Crippen molar-refractivity contribution in [1.29, 1.82) is 5.26 Å². The van der Waals surface area contributed by atoms with Crippen molar-refractivity contribution in [3.8, 4) is 6.07 Å². The first-order valence-corrected chi connectivity index (χ1v) is 4.16. The van der Waals surface area contributed by atoms with Gasteiger partial charge in [-0.1, -0.05) is 17.7 Å². The minimum atomic E-state index is -0.774. The summed E-state index contributed by atoms with van der Waals surface area (Å²) in [4.78, 5) is 0. The lowest BCUT2D eigenvalue weighted by molar-refractivity contribution is 0.578. The molecule has 14 heavy (non-hydrogen) atoms. The predicted octanol–water partition coefficient (Wildman–Crippen LogP) is 3.46. The summed E-state index contributed by atoms with van der Waals surface area (Å²) in [5.41, 5.74) is -0.274. The number of hydrogen-bond acceptors (Lipinski definition) is 1. The molecule has 0 N–H and O–H groups in total. The number of halogens is 3. The average Bonchev–Trinajstić information content (AvgIpc) is 2.16. The van der Waals surface area contributed by atoms with Gasteiger partial charge in [0, 0.05) is 5.57 Å². The Bertz CT molecular complexity index is 412. The van der Waals surface area contributed by atoms with Crippen LogP contribution in [-0.2, 0) is 0 Å². The fraction of sp³-hybridized carbons (Fsp3) is 0.100. The molecule has 0 saturated carbocycles. The SMILES string of the molecule is CC(C#N)=C(Cl)c1c(F)cccc1F.